The van der Waals surface area contributed by atoms with Gasteiger partial charge >= 0.3 is 5.97 Å². The van der Waals surface area contributed by atoms with Crippen molar-refractivity contribution in [1.29, 1.82) is 0 Å². The van der Waals surface area contributed by atoms with E-state index in [-0.39, 0.29) is 5.69 Å². The molecule has 0 spiro atoms. The van der Waals surface area contributed by atoms with E-state index in [1.165, 1.54) is 6.07 Å². The van der Waals surface area contributed by atoms with Crippen LogP contribution in [0.3, 0.4) is 0 Å². The number of benzene rings is 4. The summed E-state index contributed by atoms with van der Waals surface area (Å²) < 4.78 is 13.4. The van der Waals surface area contributed by atoms with Gasteiger partial charge in [0.1, 0.15) is 23.0 Å². The van der Waals surface area contributed by atoms with Crippen LogP contribution in [0.25, 0.3) is 28.2 Å². The number of hydrogen-bond acceptors (Lipinski definition) is 5. The van der Waals surface area contributed by atoms with Gasteiger partial charge in [0.2, 0.25) is 0 Å². The minimum atomic E-state index is -1.11. The summed E-state index contributed by atoms with van der Waals surface area (Å²) in [4.78, 5) is 16.3. The van der Waals surface area contributed by atoms with Gasteiger partial charge in [-0.15, -0.1) is 0 Å². The molecule has 2 aromatic heterocycles. The van der Waals surface area contributed by atoms with Crippen LogP contribution in [0.4, 0.5) is 0 Å². The third kappa shape index (κ3) is 4.81. The number of carboxylic acids is 1. The highest BCUT2D eigenvalue weighted by Crippen LogP contribution is 2.31. The maximum Gasteiger partial charge on any atom is 0.356 e. The Morgan fingerprint density at radius 2 is 1.13 bits per heavy atom. The SMILES string of the molecule is O=C(O)c1cc2nc(-c3ccc(Oc4ccccc4)cc3)cc(-c3ccc(Oc4ccccc4)cc3)n2n1. The number of rotatable bonds is 7. The number of hydrogen-bond donors (Lipinski definition) is 1. The predicted octanol–water partition coefficient (Wildman–Crippen LogP) is 7.35. The number of aromatic nitrogens is 3. The highest BCUT2D eigenvalue weighted by atomic mass is 16.5. The lowest BCUT2D eigenvalue weighted by molar-refractivity contribution is 0.0690. The van der Waals surface area contributed by atoms with E-state index < -0.39 is 5.97 Å². The van der Waals surface area contributed by atoms with Gasteiger partial charge in [-0.3, -0.25) is 0 Å². The Bertz CT molecular complexity index is 1710. The van der Waals surface area contributed by atoms with Gasteiger partial charge < -0.3 is 14.6 Å². The quantitative estimate of drug-likeness (QED) is 0.247. The van der Waals surface area contributed by atoms with E-state index in [0.717, 1.165) is 22.6 Å². The van der Waals surface area contributed by atoms with Crippen molar-refractivity contribution in [3.63, 3.8) is 0 Å². The number of carboxylic acid groups (broad SMARTS) is 1. The summed E-state index contributed by atoms with van der Waals surface area (Å²) in [5.74, 6) is 1.77. The van der Waals surface area contributed by atoms with Gasteiger partial charge in [-0.25, -0.2) is 14.3 Å². The first-order valence-corrected chi connectivity index (χ1v) is 11.9. The van der Waals surface area contributed by atoms with Crippen molar-refractivity contribution in [3.05, 3.63) is 127 Å². The summed E-state index contributed by atoms with van der Waals surface area (Å²) in [6.07, 6.45) is 0. The Morgan fingerprint density at radius 3 is 1.66 bits per heavy atom. The third-order valence-corrected chi connectivity index (χ3v) is 5.90. The molecule has 0 unspecified atom stereocenters. The normalized spacial score (nSPS) is 10.8. The molecule has 0 aliphatic heterocycles. The maximum absolute atomic E-state index is 11.6. The van der Waals surface area contributed by atoms with E-state index in [9.17, 15) is 9.90 Å². The van der Waals surface area contributed by atoms with Gasteiger partial charge in [0, 0.05) is 17.2 Å². The second-order valence-electron chi connectivity index (χ2n) is 8.51. The van der Waals surface area contributed by atoms with E-state index in [2.05, 4.69) is 5.10 Å². The molecule has 0 amide bonds. The van der Waals surface area contributed by atoms with Crippen LogP contribution in [0.1, 0.15) is 10.5 Å². The molecule has 38 heavy (non-hydrogen) atoms. The molecule has 0 bridgehead atoms. The number of nitrogens with zero attached hydrogens (tertiary/aromatic N) is 3. The molecule has 0 saturated carbocycles. The molecule has 7 nitrogen and oxygen atoms in total. The minimum Gasteiger partial charge on any atom is -0.476 e. The fourth-order valence-corrected chi connectivity index (χ4v) is 4.07. The molecule has 0 aliphatic carbocycles. The molecular weight excluding hydrogens is 478 g/mol. The molecule has 7 heteroatoms. The Balaban J connectivity index is 1.36. The zero-order chi connectivity index (χ0) is 25.9. The fraction of sp³-hybridized carbons (Fsp3) is 0. The predicted molar refractivity (Wildman–Crippen MR) is 144 cm³/mol. The van der Waals surface area contributed by atoms with Gasteiger partial charge in [0.15, 0.2) is 11.3 Å². The first kappa shape index (κ1) is 23.0. The molecule has 0 aliphatic rings. The molecule has 6 rings (SSSR count). The number of ether oxygens (including phenoxy) is 2. The van der Waals surface area contributed by atoms with Gasteiger partial charge in [-0.05, 0) is 78.9 Å². The molecule has 1 N–H and O–H groups in total. The molecule has 0 atom stereocenters. The number of aromatic carboxylic acids is 1. The Kier molecular flexibility index (Phi) is 6.00. The first-order valence-electron chi connectivity index (χ1n) is 11.9. The van der Waals surface area contributed by atoms with Crippen molar-refractivity contribution in [2.45, 2.75) is 0 Å². The molecule has 6 aromatic rings. The molecule has 4 aromatic carbocycles. The zero-order valence-electron chi connectivity index (χ0n) is 20.1. The average molecular weight is 500 g/mol. The summed E-state index contributed by atoms with van der Waals surface area (Å²) in [7, 11) is 0. The Labute approximate surface area is 218 Å². The van der Waals surface area contributed by atoms with Crippen molar-refractivity contribution in [1.82, 2.24) is 14.6 Å². The second-order valence-corrected chi connectivity index (χ2v) is 8.51. The molecule has 0 saturated heterocycles. The lowest BCUT2D eigenvalue weighted by Crippen LogP contribution is -2.01. The standard InChI is InChI=1S/C31H21N3O4/c35-31(36)28-20-30-32-27(21-11-15-25(16-12-21)37-23-7-3-1-4-8-23)19-29(34(30)33-28)22-13-17-26(18-14-22)38-24-9-5-2-6-10-24/h1-20H,(H,35,36). The van der Waals surface area contributed by atoms with Gasteiger partial charge in [-0.1, -0.05) is 36.4 Å². The van der Waals surface area contributed by atoms with E-state index in [4.69, 9.17) is 14.5 Å². The van der Waals surface area contributed by atoms with Crippen molar-refractivity contribution in [3.8, 4) is 45.5 Å². The molecule has 184 valence electrons. The summed E-state index contributed by atoms with van der Waals surface area (Å²) >= 11 is 0. The largest absolute Gasteiger partial charge is 0.476 e. The Morgan fingerprint density at radius 1 is 0.632 bits per heavy atom. The monoisotopic (exact) mass is 499 g/mol. The van der Waals surface area contributed by atoms with Gasteiger partial charge in [-0.2, -0.15) is 5.10 Å². The van der Waals surface area contributed by atoms with Crippen LogP contribution in [0.15, 0.2) is 121 Å². The summed E-state index contributed by atoms with van der Waals surface area (Å²) in [6, 6.07) is 37.6. The van der Waals surface area contributed by atoms with Crippen LogP contribution in [0.2, 0.25) is 0 Å². The summed E-state index contributed by atoms with van der Waals surface area (Å²) in [5.41, 5.74) is 3.43. The summed E-state index contributed by atoms with van der Waals surface area (Å²) in [6.45, 7) is 0. The Hall–Kier alpha value is -5.43. The van der Waals surface area contributed by atoms with Crippen LogP contribution in [-0.2, 0) is 0 Å². The maximum atomic E-state index is 11.6. The lowest BCUT2D eigenvalue weighted by Gasteiger charge is -2.11. The van der Waals surface area contributed by atoms with Crippen LogP contribution < -0.4 is 9.47 Å². The van der Waals surface area contributed by atoms with E-state index in [1.807, 2.05) is 115 Å². The number of fused-ring (bicyclic) bond motifs is 1. The van der Waals surface area contributed by atoms with E-state index in [0.29, 0.717) is 28.5 Å². The van der Waals surface area contributed by atoms with E-state index in [1.54, 1.807) is 4.52 Å². The first-order chi connectivity index (χ1) is 18.6. The van der Waals surface area contributed by atoms with Crippen LogP contribution >= 0.6 is 0 Å². The number of para-hydroxylation sites is 2. The summed E-state index contributed by atoms with van der Waals surface area (Å²) in [5, 5.41) is 13.8. The van der Waals surface area contributed by atoms with E-state index >= 15 is 0 Å². The van der Waals surface area contributed by atoms with Crippen molar-refractivity contribution >= 4 is 11.6 Å². The fourth-order valence-electron chi connectivity index (χ4n) is 4.07. The molecular formula is C31H21N3O4. The second kappa shape index (κ2) is 9.91. The van der Waals surface area contributed by atoms with Crippen molar-refractivity contribution < 1.29 is 19.4 Å². The van der Waals surface area contributed by atoms with Crippen molar-refractivity contribution in [2.75, 3.05) is 0 Å². The third-order valence-electron chi connectivity index (χ3n) is 5.90. The highest BCUT2D eigenvalue weighted by Gasteiger charge is 2.16. The average Bonchev–Trinajstić information content (AvgIpc) is 3.40. The number of carbonyl (C=O) groups is 1. The van der Waals surface area contributed by atoms with Crippen molar-refractivity contribution in [2.24, 2.45) is 0 Å². The zero-order valence-corrected chi connectivity index (χ0v) is 20.1. The van der Waals surface area contributed by atoms with Gasteiger partial charge in [0.05, 0.1) is 11.4 Å². The molecule has 0 radical (unpaired) electrons. The van der Waals surface area contributed by atoms with Crippen LogP contribution in [0.5, 0.6) is 23.0 Å². The lowest BCUT2D eigenvalue weighted by atomic mass is 10.1. The molecule has 2 heterocycles. The highest BCUT2D eigenvalue weighted by molar-refractivity contribution is 5.87. The van der Waals surface area contributed by atoms with Crippen LogP contribution in [-0.4, -0.2) is 25.7 Å². The topological polar surface area (TPSA) is 86.0 Å². The molecule has 0 fully saturated rings. The van der Waals surface area contributed by atoms with Crippen LogP contribution in [0, 0.1) is 0 Å². The minimum absolute atomic E-state index is 0.0773. The van der Waals surface area contributed by atoms with Gasteiger partial charge in [0.25, 0.3) is 0 Å². The smallest absolute Gasteiger partial charge is 0.356 e.